The van der Waals surface area contributed by atoms with E-state index in [1.807, 2.05) is 91.7 Å². The summed E-state index contributed by atoms with van der Waals surface area (Å²) in [6.07, 6.45) is 0. The van der Waals surface area contributed by atoms with Gasteiger partial charge < -0.3 is 10.3 Å². The predicted molar refractivity (Wildman–Crippen MR) is 129 cm³/mol. The van der Waals surface area contributed by atoms with Gasteiger partial charge in [0.05, 0.1) is 29.2 Å². The highest BCUT2D eigenvalue weighted by molar-refractivity contribution is 7.99. The number of hydrogen-bond donors (Lipinski definition) is 2. The molecule has 0 aliphatic carbocycles. The molecule has 2 N–H and O–H groups in total. The number of aromatic amines is 1. The number of para-hydroxylation sites is 2. The molecule has 4 rings (SSSR count). The van der Waals surface area contributed by atoms with Gasteiger partial charge in [-0.25, -0.2) is 4.98 Å². The van der Waals surface area contributed by atoms with E-state index in [4.69, 9.17) is 0 Å². The number of carbonyl (C=O) groups excluding carboxylic acids is 1. The Bertz CT molecular complexity index is 1290. The van der Waals surface area contributed by atoms with Gasteiger partial charge in [0.15, 0.2) is 0 Å². The molecule has 0 saturated carbocycles. The van der Waals surface area contributed by atoms with Crippen LogP contribution in [0.15, 0.2) is 93.4 Å². The number of aromatic nitrogens is 2. The molecule has 4 aromatic rings. The van der Waals surface area contributed by atoms with Gasteiger partial charge in [-0.2, -0.15) is 0 Å². The second-order valence-corrected chi connectivity index (χ2v) is 8.64. The molecule has 6 nitrogen and oxygen atoms in total. The van der Waals surface area contributed by atoms with Crippen molar-refractivity contribution in [3.63, 3.8) is 0 Å². The molecule has 7 heteroatoms. The highest BCUT2D eigenvalue weighted by atomic mass is 32.2. The molecule has 0 unspecified atom stereocenters. The van der Waals surface area contributed by atoms with Gasteiger partial charge in [-0.05, 0) is 50.4 Å². The van der Waals surface area contributed by atoms with E-state index in [9.17, 15) is 9.59 Å². The fourth-order valence-corrected chi connectivity index (χ4v) is 4.22. The lowest BCUT2D eigenvalue weighted by molar-refractivity contribution is -0.120. The third-order valence-corrected chi connectivity index (χ3v) is 6.30. The van der Waals surface area contributed by atoms with Gasteiger partial charge in [0.25, 0.3) is 5.56 Å². The van der Waals surface area contributed by atoms with Gasteiger partial charge in [0.1, 0.15) is 5.82 Å². The van der Waals surface area contributed by atoms with Crippen molar-refractivity contribution in [2.45, 2.75) is 29.3 Å². The standard InChI is InChI=1S/C25H24N4O2S/c1-17(29(2)16-23-26-20-13-7-6-12-19(20)25(31)28-23)24(30)27-21-14-8-9-15-22(21)32-18-10-4-3-5-11-18/h3-15,17H,16H2,1-2H3,(H,27,30)(H,26,28,31)/t17-/m0/s1. The molecule has 0 spiro atoms. The summed E-state index contributed by atoms with van der Waals surface area (Å²) in [6.45, 7) is 2.18. The van der Waals surface area contributed by atoms with Crippen molar-refractivity contribution < 1.29 is 4.79 Å². The Morgan fingerprint density at radius 2 is 1.72 bits per heavy atom. The number of carbonyl (C=O) groups is 1. The zero-order valence-electron chi connectivity index (χ0n) is 17.9. The van der Waals surface area contributed by atoms with E-state index < -0.39 is 6.04 Å². The molecule has 32 heavy (non-hydrogen) atoms. The minimum atomic E-state index is -0.429. The molecule has 1 heterocycles. The number of nitrogens with zero attached hydrogens (tertiary/aromatic N) is 2. The first-order valence-corrected chi connectivity index (χ1v) is 11.1. The lowest BCUT2D eigenvalue weighted by Gasteiger charge is -2.24. The van der Waals surface area contributed by atoms with E-state index in [1.54, 1.807) is 17.8 Å². The summed E-state index contributed by atoms with van der Waals surface area (Å²) >= 11 is 1.60. The van der Waals surface area contributed by atoms with Gasteiger partial charge in [0.2, 0.25) is 5.91 Å². The van der Waals surface area contributed by atoms with Gasteiger partial charge in [0, 0.05) is 9.79 Å². The lowest BCUT2D eigenvalue weighted by atomic mass is 10.2. The largest absolute Gasteiger partial charge is 0.324 e. The van der Waals surface area contributed by atoms with Crippen LogP contribution < -0.4 is 10.9 Å². The lowest BCUT2D eigenvalue weighted by Crippen LogP contribution is -2.39. The first-order valence-electron chi connectivity index (χ1n) is 10.3. The highest BCUT2D eigenvalue weighted by Crippen LogP contribution is 2.33. The Morgan fingerprint density at radius 1 is 1.03 bits per heavy atom. The molecule has 1 aromatic heterocycles. The first-order chi connectivity index (χ1) is 15.5. The number of amides is 1. The Hall–Kier alpha value is -3.42. The fraction of sp³-hybridized carbons (Fsp3) is 0.160. The minimum Gasteiger partial charge on any atom is -0.324 e. The Kier molecular flexibility index (Phi) is 6.68. The Labute approximate surface area is 190 Å². The van der Waals surface area contributed by atoms with E-state index in [-0.39, 0.29) is 11.5 Å². The van der Waals surface area contributed by atoms with Crippen LogP contribution in [0.1, 0.15) is 12.7 Å². The minimum absolute atomic E-state index is 0.128. The number of H-pyrrole nitrogens is 1. The van der Waals surface area contributed by atoms with E-state index in [1.165, 1.54) is 0 Å². The normalized spacial score (nSPS) is 12.1. The second kappa shape index (κ2) is 9.80. The van der Waals surface area contributed by atoms with Crippen molar-refractivity contribution in [2.24, 2.45) is 0 Å². The summed E-state index contributed by atoms with van der Waals surface area (Å²) < 4.78 is 0. The quantitative estimate of drug-likeness (QED) is 0.438. The number of fused-ring (bicyclic) bond motifs is 1. The maximum Gasteiger partial charge on any atom is 0.258 e. The summed E-state index contributed by atoms with van der Waals surface area (Å²) in [4.78, 5) is 36.6. The maximum absolute atomic E-state index is 13.0. The number of anilines is 1. The molecular formula is C25H24N4O2S. The van der Waals surface area contributed by atoms with Crippen molar-refractivity contribution >= 4 is 34.3 Å². The number of rotatable bonds is 7. The molecule has 0 aliphatic rings. The van der Waals surface area contributed by atoms with Gasteiger partial charge in [-0.15, -0.1) is 0 Å². The summed E-state index contributed by atoms with van der Waals surface area (Å²) in [6, 6.07) is 24.6. The molecule has 1 amide bonds. The first kappa shape index (κ1) is 21.8. The van der Waals surface area contributed by atoms with Crippen LogP contribution in [0.4, 0.5) is 5.69 Å². The third-order valence-electron chi connectivity index (χ3n) is 5.22. The summed E-state index contributed by atoms with van der Waals surface area (Å²) in [5.41, 5.74) is 1.23. The van der Waals surface area contributed by atoms with Gasteiger partial charge in [-0.1, -0.05) is 54.2 Å². The van der Waals surface area contributed by atoms with Crippen molar-refractivity contribution in [1.82, 2.24) is 14.9 Å². The smallest absolute Gasteiger partial charge is 0.258 e. The topological polar surface area (TPSA) is 78.1 Å². The van der Waals surface area contributed by atoms with Crippen LogP contribution in [0.25, 0.3) is 10.9 Å². The molecular weight excluding hydrogens is 420 g/mol. The fourth-order valence-electron chi connectivity index (χ4n) is 3.29. The average Bonchev–Trinajstić information content (AvgIpc) is 2.80. The van der Waals surface area contributed by atoms with E-state index >= 15 is 0 Å². The molecule has 1 atom stereocenters. The number of hydrogen-bond acceptors (Lipinski definition) is 5. The van der Waals surface area contributed by atoms with Crippen LogP contribution in [0, 0.1) is 0 Å². The highest BCUT2D eigenvalue weighted by Gasteiger charge is 2.20. The number of nitrogens with one attached hydrogen (secondary N) is 2. The molecule has 3 aromatic carbocycles. The molecule has 0 radical (unpaired) electrons. The van der Waals surface area contributed by atoms with Crippen LogP contribution in [0.5, 0.6) is 0 Å². The molecule has 0 aliphatic heterocycles. The van der Waals surface area contributed by atoms with Crippen LogP contribution in [-0.2, 0) is 11.3 Å². The Morgan fingerprint density at radius 3 is 2.53 bits per heavy atom. The summed E-state index contributed by atoms with van der Waals surface area (Å²) in [5.74, 6) is 0.396. The monoisotopic (exact) mass is 444 g/mol. The van der Waals surface area contributed by atoms with Gasteiger partial charge >= 0.3 is 0 Å². The van der Waals surface area contributed by atoms with E-state index in [0.717, 1.165) is 15.5 Å². The second-order valence-electron chi connectivity index (χ2n) is 7.52. The molecule has 0 bridgehead atoms. The maximum atomic E-state index is 13.0. The van der Waals surface area contributed by atoms with E-state index in [2.05, 4.69) is 15.3 Å². The van der Waals surface area contributed by atoms with Crippen LogP contribution in [0.3, 0.4) is 0 Å². The van der Waals surface area contributed by atoms with Crippen molar-refractivity contribution in [3.8, 4) is 0 Å². The zero-order valence-corrected chi connectivity index (χ0v) is 18.7. The van der Waals surface area contributed by atoms with Gasteiger partial charge in [-0.3, -0.25) is 14.5 Å². The van der Waals surface area contributed by atoms with E-state index in [0.29, 0.717) is 23.3 Å². The van der Waals surface area contributed by atoms with Crippen molar-refractivity contribution in [3.05, 3.63) is 95.0 Å². The van der Waals surface area contributed by atoms with Crippen molar-refractivity contribution in [2.75, 3.05) is 12.4 Å². The SMILES string of the molecule is C[C@@H](C(=O)Nc1ccccc1Sc1ccccc1)N(C)Cc1nc2ccccc2c(=O)[nH]1. The number of likely N-dealkylation sites (N-methyl/N-ethyl adjacent to an activating group) is 1. The average molecular weight is 445 g/mol. The van der Waals surface area contributed by atoms with Crippen LogP contribution >= 0.6 is 11.8 Å². The summed E-state index contributed by atoms with van der Waals surface area (Å²) in [7, 11) is 1.84. The Balaban J connectivity index is 1.46. The third kappa shape index (κ3) is 5.07. The number of benzene rings is 3. The summed E-state index contributed by atoms with van der Waals surface area (Å²) in [5, 5.41) is 3.60. The molecule has 0 saturated heterocycles. The van der Waals surface area contributed by atoms with Crippen LogP contribution in [-0.4, -0.2) is 33.9 Å². The van der Waals surface area contributed by atoms with Crippen molar-refractivity contribution in [1.29, 1.82) is 0 Å². The predicted octanol–water partition coefficient (Wildman–Crippen LogP) is 4.53. The zero-order chi connectivity index (χ0) is 22.5. The molecule has 0 fully saturated rings. The van der Waals surface area contributed by atoms with Crippen LogP contribution in [0.2, 0.25) is 0 Å². The molecule has 162 valence electrons.